The summed E-state index contributed by atoms with van der Waals surface area (Å²) in [6, 6.07) is 0. The van der Waals surface area contributed by atoms with Crippen LogP contribution in [0.2, 0.25) is 0 Å². The van der Waals surface area contributed by atoms with Gasteiger partial charge in [0.2, 0.25) is 0 Å². The van der Waals surface area contributed by atoms with E-state index < -0.39 is 97.5 Å². The first kappa shape index (κ1) is 94.7. The molecule has 17 nitrogen and oxygen atoms in total. The van der Waals surface area contributed by atoms with E-state index in [-0.39, 0.29) is 25.7 Å². The molecule has 5 unspecified atom stereocenters. The lowest BCUT2D eigenvalue weighted by Crippen LogP contribution is -2.30. The van der Waals surface area contributed by atoms with Crippen molar-refractivity contribution < 1.29 is 80.2 Å². The Balaban J connectivity index is 5.42. The summed E-state index contributed by atoms with van der Waals surface area (Å²) in [5.74, 6) is -2.34. The number of allylic oxidation sites excluding steroid dienone is 26. The molecule has 3 N–H and O–H groups in total. The highest BCUT2D eigenvalue weighted by molar-refractivity contribution is 7.47. The highest BCUT2D eigenvalue weighted by Gasteiger charge is 2.30. The maximum Gasteiger partial charge on any atom is 0.472 e. The maximum atomic E-state index is 13.1. The van der Waals surface area contributed by atoms with E-state index in [0.29, 0.717) is 32.1 Å². The van der Waals surface area contributed by atoms with Crippen LogP contribution in [-0.4, -0.2) is 96.7 Å². The molecule has 19 heteroatoms. The van der Waals surface area contributed by atoms with Gasteiger partial charge in [-0.05, 0) is 148 Å². The standard InChI is InChI=1S/C81H132O17P2/c1-5-9-13-17-21-25-29-32-34-36-37-39-41-44-47-50-54-58-62-66-79(84)92-72-77(98-81(86)68-64-60-56-52-48-42-31-27-23-19-15-11-7-3)74-96-100(89,90)94-70-75(82)69-93-99(87,88)95-73-76(97-80(85)67-63-59-55-51-45-28-24-20-16-12-8-4)71-91-78(83)65-61-57-53-49-46-43-40-38-35-33-30-26-22-18-14-10-6-2/h9-10,13-15,19-22,24-27,31-35,37,39-40,43-44,47,54,58,75-77,82H,5-8,11-12,16-18,23,28-30,36,38,41-42,45-46,48-53,55-57,59-74H2,1-4H3,(H,87,88)(H,89,90)/b13-9-,14-10-,19-15-,24-20-,25-21-,26-22-,31-27-,34-32-,35-33-,39-37-,43-40-,47-44-,58-54-. The van der Waals surface area contributed by atoms with Crippen molar-refractivity contribution in [3.05, 3.63) is 158 Å². The minimum Gasteiger partial charge on any atom is -0.462 e. The number of rotatable bonds is 69. The van der Waals surface area contributed by atoms with E-state index in [2.05, 4.69) is 167 Å². The van der Waals surface area contributed by atoms with Gasteiger partial charge in [0.1, 0.15) is 19.3 Å². The molecule has 568 valence electrons. The Morgan fingerprint density at radius 2 is 0.560 bits per heavy atom. The summed E-state index contributed by atoms with van der Waals surface area (Å²) in [5, 5.41) is 10.6. The monoisotopic (exact) mass is 1440 g/mol. The van der Waals surface area contributed by atoms with Crippen LogP contribution in [0.15, 0.2) is 158 Å². The van der Waals surface area contributed by atoms with Crippen molar-refractivity contribution in [2.24, 2.45) is 0 Å². The number of carbonyl (C=O) groups excluding carboxylic acids is 4. The van der Waals surface area contributed by atoms with Gasteiger partial charge in [-0.15, -0.1) is 0 Å². The Labute approximate surface area is 604 Å². The van der Waals surface area contributed by atoms with E-state index in [1.807, 2.05) is 18.2 Å². The molecule has 0 aliphatic heterocycles. The fourth-order valence-electron chi connectivity index (χ4n) is 9.25. The zero-order valence-corrected chi connectivity index (χ0v) is 63.6. The first-order valence-electron chi connectivity index (χ1n) is 37.7. The average Bonchev–Trinajstić information content (AvgIpc) is 0.940. The largest absolute Gasteiger partial charge is 0.472 e. The lowest BCUT2D eigenvalue weighted by Gasteiger charge is -2.21. The third kappa shape index (κ3) is 71.1. The molecule has 0 fully saturated rings. The van der Waals surface area contributed by atoms with Gasteiger partial charge >= 0.3 is 39.5 Å². The summed E-state index contributed by atoms with van der Waals surface area (Å²) in [6.45, 7) is 4.37. The van der Waals surface area contributed by atoms with Gasteiger partial charge in [0.15, 0.2) is 12.2 Å². The molecule has 0 saturated carbocycles. The molecule has 0 radical (unpaired) electrons. The number of aliphatic hydroxyl groups is 1. The molecule has 0 aromatic heterocycles. The summed E-state index contributed by atoms with van der Waals surface area (Å²) in [5.41, 5.74) is 0. The Morgan fingerprint density at radius 3 is 0.910 bits per heavy atom. The molecule has 0 saturated heterocycles. The molecule has 0 amide bonds. The van der Waals surface area contributed by atoms with Crippen LogP contribution < -0.4 is 0 Å². The van der Waals surface area contributed by atoms with E-state index in [9.17, 15) is 43.2 Å². The summed E-state index contributed by atoms with van der Waals surface area (Å²) < 4.78 is 68.3. The first-order valence-corrected chi connectivity index (χ1v) is 40.7. The molecule has 0 aromatic rings. The van der Waals surface area contributed by atoms with Crippen LogP contribution in [0.25, 0.3) is 0 Å². The van der Waals surface area contributed by atoms with Gasteiger partial charge in [-0.1, -0.05) is 256 Å². The lowest BCUT2D eigenvalue weighted by molar-refractivity contribution is -0.161. The fourth-order valence-corrected chi connectivity index (χ4v) is 10.8. The number of carbonyl (C=O) groups is 4. The second-order valence-corrected chi connectivity index (χ2v) is 27.4. The predicted molar refractivity (Wildman–Crippen MR) is 408 cm³/mol. The minimum atomic E-state index is -5.00. The number of aliphatic hydroxyl groups excluding tert-OH is 1. The third-order valence-corrected chi connectivity index (χ3v) is 16.9. The van der Waals surface area contributed by atoms with Crippen LogP contribution >= 0.6 is 15.6 Å². The van der Waals surface area contributed by atoms with Crippen molar-refractivity contribution in [3.63, 3.8) is 0 Å². The Morgan fingerprint density at radius 1 is 0.290 bits per heavy atom. The van der Waals surface area contributed by atoms with Crippen molar-refractivity contribution in [2.45, 2.75) is 290 Å². The molecule has 0 bridgehead atoms. The molecule has 100 heavy (non-hydrogen) atoms. The summed E-state index contributed by atoms with van der Waals surface area (Å²) >= 11 is 0. The van der Waals surface area contributed by atoms with Crippen LogP contribution in [0.1, 0.15) is 272 Å². The number of esters is 4. The molecule has 0 aliphatic rings. The predicted octanol–water partition coefficient (Wildman–Crippen LogP) is 21.7. The first-order chi connectivity index (χ1) is 48.7. The smallest absolute Gasteiger partial charge is 0.462 e. The SMILES string of the molecule is CC/C=C\C/C=C\C/C=C\C/C=C\C/C=C\C/C=C\CCC(=O)OCC(COP(=O)(O)OCC(O)COP(=O)(O)OCC(COC(=O)CCCCCC/C=C\C/C=C\C/C=C\C/C=C\CC)OC(=O)CCCCCCC/C=C\CCCC)OC(=O)CCCCCCC/C=C\C/C=C\CCC. The molecule has 0 spiro atoms. The zero-order chi connectivity index (χ0) is 73.2. The van der Waals surface area contributed by atoms with Crippen molar-refractivity contribution in [1.82, 2.24) is 0 Å². The van der Waals surface area contributed by atoms with Gasteiger partial charge in [0.05, 0.1) is 26.4 Å². The van der Waals surface area contributed by atoms with Crippen LogP contribution in [0.3, 0.4) is 0 Å². The number of unbranched alkanes of at least 4 members (excludes halogenated alkanes) is 17. The van der Waals surface area contributed by atoms with E-state index in [1.54, 1.807) is 0 Å². The number of phosphoric acid groups is 2. The van der Waals surface area contributed by atoms with Crippen molar-refractivity contribution >= 4 is 39.5 Å². The molecular formula is C81H132O17P2. The fraction of sp³-hybridized carbons (Fsp3) is 0.630. The van der Waals surface area contributed by atoms with Crippen LogP contribution in [0.4, 0.5) is 0 Å². The highest BCUT2D eigenvalue weighted by atomic mass is 31.2. The third-order valence-electron chi connectivity index (χ3n) is 15.0. The quantitative estimate of drug-likeness (QED) is 0.0169. The summed E-state index contributed by atoms with van der Waals surface area (Å²) in [6.07, 6.45) is 82.6. The molecule has 0 heterocycles. The second kappa shape index (κ2) is 72.0. The van der Waals surface area contributed by atoms with Gasteiger partial charge in [0.25, 0.3) is 0 Å². The molecular weight excluding hydrogens is 1310 g/mol. The average molecular weight is 1440 g/mol. The van der Waals surface area contributed by atoms with Gasteiger partial charge in [-0.2, -0.15) is 0 Å². The molecule has 5 atom stereocenters. The van der Waals surface area contributed by atoms with E-state index in [1.165, 1.54) is 12.8 Å². The van der Waals surface area contributed by atoms with Crippen LogP contribution in [-0.2, 0) is 65.4 Å². The van der Waals surface area contributed by atoms with Crippen molar-refractivity contribution in [1.29, 1.82) is 0 Å². The molecule has 0 aliphatic carbocycles. The Bertz CT molecular complexity index is 2520. The highest BCUT2D eigenvalue weighted by Crippen LogP contribution is 2.45. The Kier molecular flexibility index (Phi) is 68.2. The summed E-state index contributed by atoms with van der Waals surface area (Å²) in [7, 11) is -9.99. The minimum absolute atomic E-state index is 0.0279. The van der Waals surface area contributed by atoms with Crippen molar-refractivity contribution in [2.75, 3.05) is 39.6 Å². The van der Waals surface area contributed by atoms with Crippen LogP contribution in [0.5, 0.6) is 0 Å². The number of phosphoric ester groups is 2. The normalized spacial score (nSPS) is 14.8. The van der Waals surface area contributed by atoms with Gasteiger partial charge < -0.3 is 33.8 Å². The number of ether oxygens (including phenoxy) is 4. The van der Waals surface area contributed by atoms with Crippen LogP contribution in [0, 0.1) is 0 Å². The second-order valence-electron chi connectivity index (χ2n) is 24.5. The van der Waals surface area contributed by atoms with E-state index in [0.717, 1.165) is 173 Å². The van der Waals surface area contributed by atoms with E-state index >= 15 is 0 Å². The van der Waals surface area contributed by atoms with Gasteiger partial charge in [-0.3, -0.25) is 37.3 Å². The zero-order valence-electron chi connectivity index (χ0n) is 61.8. The van der Waals surface area contributed by atoms with Gasteiger partial charge in [0, 0.05) is 25.7 Å². The summed E-state index contributed by atoms with van der Waals surface area (Å²) in [4.78, 5) is 72.8. The van der Waals surface area contributed by atoms with E-state index in [4.69, 9.17) is 37.0 Å². The Hall–Kier alpha value is -5.32. The van der Waals surface area contributed by atoms with Gasteiger partial charge in [-0.25, -0.2) is 9.13 Å². The lowest BCUT2D eigenvalue weighted by atomic mass is 10.1. The number of hydrogen-bond donors (Lipinski definition) is 3. The van der Waals surface area contributed by atoms with Crippen molar-refractivity contribution in [3.8, 4) is 0 Å². The number of hydrogen-bond acceptors (Lipinski definition) is 15. The topological polar surface area (TPSA) is 237 Å². The maximum absolute atomic E-state index is 13.1. The molecule has 0 rings (SSSR count). The molecule has 0 aromatic carbocycles.